The first kappa shape index (κ1) is 28.2. The van der Waals surface area contributed by atoms with Crippen LogP contribution in [-0.2, 0) is 9.53 Å². The standard InChI is InChI=1S/C32H42N2O3/c1-6-7-19-30(35)29(18-12-13-22-33-31(36)37-32(3,4)5)34-23(2)20-21-28-26-16-10-8-14-24(26)25-15-9-11-17-27(25)28/h6,8-11,14-17,28-29,34H,1-2,7,12-13,18-22H2,3-5H3,(H,33,36). The van der Waals surface area contributed by atoms with Gasteiger partial charge < -0.3 is 15.4 Å². The quantitative estimate of drug-likeness (QED) is 0.210. The Labute approximate surface area is 222 Å². The van der Waals surface area contributed by atoms with Gasteiger partial charge in [-0.05, 0) is 81.5 Å². The number of ketones is 1. The number of unbranched alkanes of at least 4 members (excludes halogenated alkanes) is 1. The number of alkyl carbamates (subject to hydrolysis) is 1. The molecule has 1 aliphatic rings. The largest absolute Gasteiger partial charge is 0.444 e. The number of Topliss-reactive ketones (excluding diaryl/α,β-unsaturated/α-hetero) is 1. The van der Waals surface area contributed by atoms with E-state index in [9.17, 15) is 9.59 Å². The molecule has 0 aliphatic heterocycles. The van der Waals surface area contributed by atoms with Crippen LogP contribution in [0.5, 0.6) is 0 Å². The summed E-state index contributed by atoms with van der Waals surface area (Å²) < 4.78 is 5.28. The van der Waals surface area contributed by atoms with Crippen molar-refractivity contribution in [2.75, 3.05) is 6.54 Å². The average molecular weight is 503 g/mol. The summed E-state index contributed by atoms with van der Waals surface area (Å²) >= 11 is 0. The molecule has 0 radical (unpaired) electrons. The summed E-state index contributed by atoms with van der Waals surface area (Å²) in [5, 5.41) is 6.23. The van der Waals surface area contributed by atoms with E-state index in [1.165, 1.54) is 22.3 Å². The van der Waals surface area contributed by atoms with E-state index in [2.05, 4.69) is 72.3 Å². The molecule has 198 valence electrons. The summed E-state index contributed by atoms with van der Waals surface area (Å²) in [5.41, 5.74) is 5.75. The van der Waals surface area contributed by atoms with Crippen LogP contribution < -0.4 is 10.6 Å². The van der Waals surface area contributed by atoms with Crippen LogP contribution >= 0.6 is 0 Å². The molecule has 0 aromatic heterocycles. The molecule has 2 aromatic carbocycles. The van der Waals surface area contributed by atoms with Gasteiger partial charge in [-0.25, -0.2) is 4.79 Å². The second-order valence-electron chi connectivity index (χ2n) is 10.8. The van der Waals surface area contributed by atoms with Gasteiger partial charge in [0.25, 0.3) is 0 Å². The zero-order valence-electron chi connectivity index (χ0n) is 22.6. The molecule has 1 amide bonds. The zero-order valence-corrected chi connectivity index (χ0v) is 22.6. The molecule has 5 heteroatoms. The highest BCUT2D eigenvalue weighted by Crippen LogP contribution is 2.46. The second-order valence-corrected chi connectivity index (χ2v) is 10.8. The number of fused-ring (bicyclic) bond motifs is 3. The van der Waals surface area contributed by atoms with E-state index in [0.29, 0.717) is 31.7 Å². The molecular weight excluding hydrogens is 460 g/mol. The summed E-state index contributed by atoms with van der Waals surface area (Å²) in [7, 11) is 0. The van der Waals surface area contributed by atoms with Gasteiger partial charge in [0.1, 0.15) is 5.60 Å². The van der Waals surface area contributed by atoms with Crippen LogP contribution in [0.25, 0.3) is 11.1 Å². The summed E-state index contributed by atoms with van der Waals surface area (Å²) in [4.78, 5) is 24.8. The monoisotopic (exact) mass is 502 g/mol. The van der Waals surface area contributed by atoms with Gasteiger partial charge in [0, 0.05) is 24.6 Å². The molecular formula is C32H42N2O3. The van der Waals surface area contributed by atoms with Crippen LogP contribution in [-0.4, -0.2) is 30.1 Å². The Hall–Kier alpha value is -3.34. The fraction of sp³-hybridized carbons (Fsp3) is 0.438. The Kier molecular flexibility index (Phi) is 10.1. The highest BCUT2D eigenvalue weighted by Gasteiger charge is 2.28. The molecule has 1 unspecified atom stereocenters. The van der Waals surface area contributed by atoms with Gasteiger partial charge in [0.05, 0.1) is 6.04 Å². The smallest absolute Gasteiger partial charge is 0.407 e. The van der Waals surface area contributed by atoms with Gasteiger partial charge >= 0.3 is 6.09 Å². The number of benzene rings is 2. The third kappa shape index (κ3) is 8.34. The van der Waals surface area contributed by atoms with E-state index < -0.39 is 11.7 Å². The number of hydrogen-bond acceptors (Lipinski definition) is 4. The summed E-state index contributed by atoms with van der Waals surface area (Å²) in [6.45, 7) is 14.1. The van der Waals surface area contributed by atoms with Crippen LogP contribution in [0.15, 0.2) is 73.5 Å². The van der Waals surface area contributed by atoms with Crippen molar-refractivity contribution in [2.45, 2.75) is 83.3 Å². The molecule has 3 rings (SSSR count). The molecule has 2 aromatic rings. The van der Waals surface area contributed by atoms with Gasteiger partial charge in [0.2, 0.25) is 0 Å². The van der Waals surface area contributed by atoms with Crippen molar-refractivity contribution < 1.29 is 14.3 Å². The molecule has 2 N–H and O–H groups in total. The number of allylic oxidation sites excluding steroid dienone is 2. The Morgan fingerprint density at radius 3 is 2.22 bits per heavy atom. The SMILES string of the molecule is C=CCCC(=O)C(CCCCNC(=O)OC(C)(C)C)NC(=C)CCC1c2ccccc2-c2ccccc21. The minimum absolute atomic E-state index is 0.178. The van der Waals surface area contributed by atoms with Gasteiger partial charge in [-0.1, -0.05) is 61.2 Å². The minimum Gasteiger partial charge on any atom is -0.444 e. The van der Waals surface area contributed by atoms with Crippen LogP contribution in [0.3, 0.4) is 0 Å². The third-order valence-corrected chi connectivity index (χ3v) is 6.65. The number of rotatable bonds is 14. The molecule has 37 heavy (non-hydrogen) atoms. The maximum Gasteiger partial charge on any atom is 0.407 e. The second kappa shape index (κ2) is 13.3. The lowest BCUT2D eigenvalue weighted by Gasteiger charge is -2.22. The van der Waals surface area contributed by atoms with Crippen molar-refractivity contribution in [1.82, 2.24) is 10.6 Å². The van der Waals surface area contributed by atoms with Crippen molar-refractivity contribution in [3.05, 3.63) is 84.6 Å². The number of ether oxygens (including phenoxy) is 1. The Morgan fingerprint density at radius 2 is 1.62 bits per heavy atom. The van der Waals surface area contributed by atoms with Gasteiger partial charge in [-0.3, -0.25) is 4.79 Å². The first-order chi connectivity index (χ1) is 17.7. The van der Waals surface area contributed by atoms with Crippen molar-refractivity contribution in [2.24, 2.45) is 0 Å². The van der Waals surface area contributed by atoms with E-state index in [1.54, 1.807) is 6.08 Å². The molecule has 1 aliphatic carbocycles. The maximum absolute atomic E-state index is 12.9. The van der Waals surface area contributed by atoms with Crippen LogP contribution in [0.1, 0.15) is 82.8 Å². The number of carbonyl (C=O) groups excluding carboxylic acids is 2. The lowest BCUT2D eigenvalue weighted by atomic mass is 9.91. The number of amides is 1. The maximum atomic E-state index is 12.9. The topological polar surface area (TPSA) is 67.4 Å². The lowest BCUT2D eigenvalue weighted by molar-refractivity contribution is -0.121. The molecule has 0 saturated carbocycles. The molecule has 5 nitrogen and oxygen atoms in total. The molecule has 0 bridgehead atoms. The molecule has 0 heterocycles. The van der Waals surface area contributed by atoms with Crippen molar-refractivity contribution >= 4 is 11.9 Å². The van der Waals surface area contributed by atoms with Gasteiger partial charge in [0.15, 0.2) is 5.78 Å². The van der Waals surface area contributed by atoms with E-state index in [1.807, 2.05) is 20.8 Å². The lowest BCUT2D eigenvalue weighted by Crippen LogP contribution is -2.36. The number of nitrogens with one attached hydrogen (secondary N) is 2. The van der Waals surface area contributed by atoms with Crippen LogP contribution in [0, 0.1) is 0 Å². The van der Waals surface area contributed by atoms with E-state index in [0.717, 1.165) is 31.4 Å². The summed E-state index contributed by atoms with van der Waals surface area (Å²) in [6, 6.07) is 17.0. The van der Waals surface area contributed by atoms with Crippen molar-refractivity contribution in [3.63, 3.8) is 0 Å². The Balaban J connectivity index is 1.52. The van der Waals surface area contributed by atoms with Crippen molar-refractivity contribution in [1.29, 1.82) is 0 Å². The third-order valence-electron chi connectivity index (χ3n) is 6.65. The predicted molar refractivity (Wildman–Crippen MR) is 152 cm³/mol. The Morgan fingerprint density at radius 1 is 1.00 bits per heavy atom. The first-order valence-corrected chi connectivity index (χ1v) is 13.4. The molecule has 1 atom stereocenters. The Bertz CT molecular complexity index is 1050. The van der Waals surface area contributed by atoms with Crippen molar-refractivity contribution in [3.8, 4) is 11.1 Å². The molecule has 0 saturated heterocycles. The molecule has 0 spiro atoms. The first-order valence-electron chi connectivity index (χ1n) is 13.4. The van der Waals surface area contributed by atoms with Gasteiger partial charge in [-0.2, -0.15) is 0 Å². The van der Waals surface area contributed by atoms with E-state index >= 15 is 0 Å². The average Bonchev–Trinajstić information content (AvgIpc) is 3.17. The number of hydrogen-bond donors (Lipinski definition) is 2. The van der Waals surface area contributed by atoms with Gasteiger partial charge in [-0.15, -0.1) is 6.58 Å². The number of carbonyl (C=O) groups is 2. The van der Waals surface area contributed by atoms with Crippen LogP contribution in [0.4, 0.5) is 4.79 Å². The highest BCUT2D eigenvalue weighted by atomic mass is 16.6. The highest BCUT2D eigenvalue weighted by molar-refractivity contribution is 5.84. The summed E-state index contributed by atoms with van der Waals surface area (Å²) in [5.74, 6) is 0.512. The zero-order chi connectivity index (χ0) is 26.8. The fourth-order valence-electron chi connectivity index (χ4n) is 4.92. The predicted octanol–water partition coefficient (Wildman–Crippen LogP) is 7.28. The summed E-state index contributed by atoms with van der Waals surface area (Å²) in [6.07, 6.45) is 6.51. The van der Waals surface area contributed by atoms with Crippen LogP contribution in [0.2, 0.25) is 0 Å². The van der Waals surface area contributed by atoms with E-state index in [-0.39, 0.29) is 11.8 Å². The minimum atomic E-state index is -0.514. The van der Waals surface area contributed by atoms with E-state index in [4.69, 9.17) is 4.74 Å². The normalized spacial score (nSPS) is 13.3. The molecule has 0 fully saturated rings. The fourth-order valence-corrected chi connectivity index (χ4v) is 4.92.